The van der Waals surface area contributed by atoms with E-state index in [1.54, 1.807) is 25.3 Å². The number of aromatic nitrogens is 1. The Hall–Kier alpha value is -2.86. The number of benzene rings is 1. The number of aliphatic imine (C=N–C) groups is 1. The molecule has 2 heterocycles. The lowest BCUT2D eigenvalue weighted by Crippen LogP contribution is -2.15. The number of ether oxygens (including phenoxy) is 1. The maximum Gasteiger partial charge on any atom is 0.215 e. The van der Waals surface area contributed by atoms with Gasteiger partial charge in [0.15, 0.2) is 5.84 Å². The fourth-order valence-corrected chi connectivity index (χ4v) is 2.63. The van der Waals surface area contributed by atoms with Gasteiger partial charge in [-0.1, -0.05) is 29.8 Å². The third-order valence-electron chi connectivity index (χ3n) is 3.57. The first-order valence-electron chi connectivity index (χ1n) is 7.21. The van der Waals surface area contributed by atoms with Crippen molar-refractivity contribution in [3.63, 3.8) is 0 Å². The summed E-state index contributed by atoms with van der Waals surface area (Å²) in [5, 5.41) is 11.8. The zero-order valence-corrected chi connectivity index (χ0v) is 14.0. The first-order valence-corrected chi connectivity index (χ1v) is 7.59. The van der Waals surface area contributed by atoms with Crippen molar-refractivity contribution in [2.75, 3.05) is 12.4 Å². The molecule has 0 saturated carbocycles. The molecule has 4 N–H and O–H groups in total. The van der Waals surface area contributed by atoms with E-state index in [1.165, 1.54) is 7.11 Å². The Balaban J connectivity index is 2.30. The third-order valence-corrected chi connectivity index (χ3v) is 3.90. The summed E-state index contributed by atoms with van der Waals surface area (Å²) in [4.78, 5) is 8.85. The van der Waals surface area contributed by atoms with Crippen LogP contribution in [0.4, 0.5) is 5.69 Å². The molecule has 0 radical (unpaired) electrons. The van der Waals surface area contributed by atoms with Crippen LogP contribution < -0.4 is 15.8 Å². The number of pyridine rings is 1. The number of nitrogens with two attached hydrogens (primary N) is 1. The van der Waals surface area contributed by atoms with Crippen LogP contribution in [-0.2, 0) is 0 Å². The van der Waals surface area contributed by atoms with E-state index in [0.29, 0.717) is 39.3 Å². The molecular formula is C17H16ClN5O. The molecule has 0 amide bonds. The van der Waals surface area contributed by atoms with Crippen molar-refractivity contribution >= 4 is 28.8 Å². The summed E-state index contributed by atoms with van der Waals surface area (Å²) in [5.41, 5.74) is 9.41. The van der Waals surface area contributed by atoms with Crippen LogP contribution in [0.5, 0.6) is 5.88 Å². The Morgan fingerprint density at radius 2 is 2.04 bits per heavy atom. The van der Waals surface area contributed by atoms with Crippen molar-refractivity contribution in [1.29, 1.82) is 5.41 Å². The van der Waals surface area contributed by atoms with Gasteiger partial charge in [-0.3, -0.25) is 5.41 Å². The predicted molar refractivity (Wildman–Crippen MR) is 96.1 cm³/mol. The Morgan fingerprint density at radius 3 is 2.71 bits per heavy atom. The summed E-state index contributed by atoms with van der Waals surface area (Å²) < 4.78 is 5.17. The largest absolute Gasteiger partial charge is 0.481 e. The second-order valence-electron chi connectivity index (χ2n) is 5.24. The van der Waals surface area contributed by atoms with Gasteiger partial charge in [0.2, 0.25) is 5.88 Å². The normalized spacial score (nSPS) is 15.8. The number of rotatable bonds is 2. The van der Waals surface area contributed by atoms with Crippen LogP contribution >= 0.6 is 11.6 Å². The zero-order valence-electron chi connectivity index (χ0n) is 13.2. The van der Waals surface area contributed by atoms with Gasteiger partial charge in [0.1, 0.15) is 5.70 Å². The van der Waals surface area contributed by atoms with Gasteiger partial charge >= 0.3 is 0 Å². The van der Waals surface area contributed by atoms with Gasteiger partial charge < -0.3 is 15.8 Å². The maximum absolute atomic E-state index is 8.23. The van der Waals surface area contributed by atoms with Crippen LogP contribution in [0, 0.1) is 5.41 Å². The average molecular weight is 342 g/mol. The van der Waals surface area contributed by atoms with Crippen LogP contribution in [-0.4, -0.2) is 23.6 Å². The van der Waals surface area contributed by atoms with Crippen LogP contribution in [0.25, 0.3) is 0 Å². The van der Waals surface area contributed by atoms with E-state index < -0.39 is 0 Å². The Bertz CT molecular complexity index is 884. The first-order chi connectivity index (χ1) is 11.5. The van der Waals surface area contributed by atoms with Gasteiger partial charge in [-0.2, -0.15) is 0 Å². The number of nitrogens with one attached hydrogen (secondary N) is 2. The van der Waals surface area contributed by atoms with E-state index in [1.807, 2.05) is 18.2 Å². The lowest BCUT2D eigenvalue weighted by molar-refractivity contribution is 0.398. The molecule has 0 spiro atoms. The molecular weight excluding hydrogens is 326 g/mol. The number of nitrogens with zero attached hydrogens (tertiary/aromatic N) is 2. The molecule has 0 saturated heterocycles. The van der Waals surface area contributed by atoms with Crippen molar-refractivity contribution in [3.05, 3.63) is 64.1 Å². The number of methoxy groups -OCH3 is 1. The summed E-state index contributed by atoms with van der Waals surface area (Å²) in [6, 6.07) is 9.10. The number of allylic oxidation sites excluding steroid dienone is 1. The number of hydrogen-bond acceptors (Lipinski definition) is 5. The molecule has 122 valence electrons. The minimum atomic E-state index is 0.103. The minimum Gasteiger partial charge on any atom is -0.481 e. The minimum absolute atomic E-state index is 0.103. The highest BCUT2D eigenvalue weighted by Gasteiger charge is 2.23. The average Bonchev–Trinajstić information content (AvgIpc) is 2.70. The van der Waals surface area contributed by atoms with Crippen molar-refractivity contribution in [1.82, 2.24) is 4.98 Å². The molecule has 2 aromatic rings. The van der Waals surface area contributed by atoms with Gasteiger partial charge in [-0.05, 0) is 13.0 Å². The Kier molecular flexibility index (Phi) is 4.22. The molecule has 0 fully saturated rings. The van der Waals surface area contributed by atoms with E-state index in [-0.39, 0.29) is 5.84 Å². The van der Waals surface area contributed by atoms with E-state index in [2.05, 4.69) is 15.3 Å². The van der Waals surface area contributed by atoms with Crippen LogP contribution in [0.2, 0.25) is 5.02 Å². The highest BCUT2D eigenvalue weighted by molar-refractivity contribution is 6.36. The molecule has 7 heteroatoms. The summed E-state index contributed by atoms with van der Waals surface area (Å²) in [6.45, 7) is 1.70. The topological polar surface area (TPSA) is 96.4 Å². The number of halogens is 1. The molecule has 1 aromatic heterocycles. The molecule has 0 atom stereocenters. The lowest BCUT2D eigenvalue weighted by atomic mass is 10.0. The number of hydrogen-bond donors (Lipinski definition) is 3. The summed E-state index contributed by atoms with van der Waals surface area (Å²) in [6.07, 6.45) is 1.64. The van der Waals surface area contributed by atoms with Crippen molar-refractivity contribution in [2.45, 2.75) is 6.92 Å². The van der Waals surface area contributed by atoms with E-state index in [4.69, 9.17) is 27.5 Å². The van der Waals surface area contributed by atoms with Crippen molar-refractivity contribution in [2.24, 2.45) is 10.7 Å². The molecule has 1 aliphatic heterocycles. The van der Waals surface area contributed by atoms with Gasteiger partial charge in [0.25, 0.3) is 0 Å². The molecule has 1 aromatic carbocycles. The summed E-state index contributed by atoms with van der Waals surface area (Å²) in [7, 11) is 1.54. The molecule has 0 aliphatic carbocycles. The maximum atomic E-state index is 8.23. The van der Waals surface area contributed by atoms with Gasteiger partial charge in [-0.15, -0.1) is 0 Å². The first kappa shape index (κ1) is 16.0. The highest BCUT2D eigenvalue weighted by atomic mass is 35.5. The number of fused-ring (bicyclic) bond motifs is 1. The molecule has 24 heavy (non-hydrogen) atoms. The van der Waals surface area contributed by atoms with E-state index in [9.17, 15) is 0 Å². The summed E-state index contributed by atoms with van der Waals surface area (Å²) >= 11 is 6.35. The van der Waals surface area contributed by atoms with E-state index in [0.717, 1.165) is 5.56 Å². The Morgan fingerprint density at radius 1 is 1.29 bits per heavy atom. The van der Waals surface area contributed by atoms with Gasteiger partial charge in [-0.25, -0.2) is 9.98 Å². The van der Waals surface area contributed by atoms with Crippen LogP contribution in [0.1, 0.15) is 18.1 Å². The highest BCUT2D eigenvalue weighted by Crippen LogP contribution is 2.30. The smallest absolute Gasteiger partial charge is 0.215 e. The van der Waals surface area contributed by atoms with E-state index >= 15 is 0 Å². The zero-order chi connectivity index (χ0) is 17.3. The quantitative estimate of drug-likeness (QED) is 0.781. The molecule has 1 aliphatic rings. The molecule has 0 unspecified atom stereocenters. The lowest BCUT2D eigenvalue weighted by Gasteiger charge is -2.11. The number of anilines is 1. The number of amidine groups is 1. The molecule has 6 nitrogen and oxygen atoms in total. The monoisotopic (exact) mass is 341 g/mol. The molecule has 3 rings (SSSR count). The second-order valence-corrected chi connectivity index (χ2v) is 5.65. The van der Waals surface area contributed by atoms with Crippen molar-refractivity contribution in [3.8, 4) is 5.88 Å². The summed E-state index contributed by atoms with van der Waals surface area (Å²) in [5.74, 6) is 0.538. The van der Waals surface area contributed by atoms with Crippen LogP contribution in [0.15, 0.2) is 52.9 Å². The SMILES string of the molecule is COc1cc2c(cn1)C(c1ccccc1Cl)=N/C(=C(\C)N)C(=N)N2. The second kappa shape index (κ2) is 6.33. The van der Waals surface area contributed by atoms with Gasteiger partial charge in [0.05, 0.1) is 18.5 Å². The van der Waals surface area contributed by atoms with Gasteiger partial charge in [0, 0.05) is 34.1 Å². The Labute approximate surface area is 144 Å². The third kappa shape index (κ3) is 2.83. The molecule has 0 bridgehead atoms. The fraction of sp³-hybridized carbons (Fsp3) is 0.118. The standard InChI is InChI=1S/C17H16ClN5O/c1-9(19)15-17(20)22-13-7-14(24-2)21-8-11(13)16(23-15)10-5-3-4-6-12(10)18/h3-8H,19H2,1-2H3,(H2,20,22)/b15-9+. The predicted octanol–water partition coefficient (Wildman–Crippen LogP) is 3.17. The fourth-order valence-electron chi connectivity index (χ4n) is 2.41. The van der Waals surface area contributed by atoms with Crippen molar-refractivity contribution < 1.29 is 4.74 Å². The van der Waals surface area contributed by atoms with Crippen LogP contribution in [0.3, 0.4) is 0 Å².